The number of aliphatic hydroxyl groups is 1. The van der Waals surface area contributed by atoms with Crippen LogP contribution in [0.1, 0.15) is 25.3 Å². The number of aliphatic hydroxyl groups excluding tert-OH is 1. The SMILES string of the molecule is CCOC(=O)[C@H]1CCC[NH+](C[C@H](O)COCc2ccccc2OC)C1. The lowest BCUT2D eigenvalue weighted by molar-refractivity contribution is -0.910. The minimum absolute atomic E-state index is 0.0506. The highest BCUT2D eigenvalue weighted by Gasteiger charge is 2.30. The van der Waals surface area contributed by atoms with Crippen LogP contribution in [0.4, 0.5) is 0 Å². The Morgan fingerprint density at radius 3 is 2.96 bits per heavy atom. The van der Waals surface area contributed by atoms with Crippen molar-refractivity contribution in [2.24, 2.45) is 5.92 Å². The van der Waals surface area contributed by atoms with E-state index in [-0.39, 0.29) is 18.5 Å². The summed E-state index contributed by atoms with van der Waals surface area (Å²) in [6.07, 6.45) is 1.31. The van der Waals surface area contributed by atoms with Gasteiger partial charge in [-0.25, -0.2) is 0 Å². The van der Waals surface area contributed by atoms with Crippen LogP contribution in [-0.4, -0.2) is 57.1 Å². The lowest BCUT2D eigenvalue weighted by atomic mass is 9.98. The number of ether oxygens (including phenoxy) is 3. The number of methoxy groups -OCH3 is 1. The van der Waals surface area contributed by atoms with Crippen molar-refractivity contribution in [2.75, 3.05) is 40.0 Å². The minimum atomic E-state index is -0.550. The molecule has 0 bridgehead atoms. The molecule has 0 amide bonds. The molecule has 2 N–H and O–H groups in total. The Balaban J connectivity index is 1.72. The van der Waals surface area contributed by atoms with E-state index in [1.54, 1.807) is 7.11 Å². The molecule has 0 saturated carbocycles. The summed E-state index contributed by atoms with van der Waals surface area (Å²) in [6.45, 7) is 5.20. The van der Waals surface area contributed by atoms with Crippen molar-refractivity contribution >= 4 is 5.97 Å². The van der Waals surface area contributed by atoms with Crippen molar-refractivity contribution in [3.05, 3.63) is 29.8 Å². The Morgan fingerprint density at radius 1 is 1.40 bits per heavy atom. The van der Waals surface area contributed by atoms with Crippen molar-refractivity contribution in [3.63, 3.8) is 0 Å². The Bertz CT molecular complexity index is 536. The van der Waals surface area contributed by atoms with Gasteiger partial charge in [0.15, 0.2) is 0 Å². The fourth-order valence-electron chi connectivity index (χ4n) is 3.32. The number of rotatable bonds is 9. The van der Waals surface area contributed by atoms with Gasteiger partial charge in [-0.15, -0.1) is 0 Å². The number of nitrogens with one attached hydrogen (secondary N) is 1. The second-order valence-corrected chi connectivity index (χ2v) is 6.48. The molecule has 6 nitrogen and oxygen atoms in total. The predicted octanol–water partition coefficient (Wildman–Crippen LogP) is 0.431. The molecule has 0 spiro atoms. The molecule has 1 fully saturated rings. The molecule has 1 aliphatic rings. The molecule has 25 heavy (non-hydrogen) atoms. The summed E-state index contributed by atoms with van der Waals surface area (Å²) in [7, 11) is 1.63. The number of hydrogen-bond acceptors (Lipinski definition) is 5. The summed E-state index contributed by atoms with van der Waals surface area (Å²) >= 11 is 0. The molecule has 1 unspecified atom stereocenters. The number of hydrogen-bond donors (Lipinski definition) is 2. The van der Waals surface area contributed by atoms with Crippen molar-refractivity contribution in [1.82, 2.24) is 0 Å². The third kappa shape index (κ3) is 6.30. The van der Waals surface area contributed by atoms with Gasteiger partial charge in [-0.1, -0.05) is 18.2 Å². The van der Waals surface area contributed by atoms with E-state index in [1.807, 2.05) is 31.2 Å². The molecule has 140 valence electrons. The second-order valence-electron chi connectivity index (χ2n) is 6.48. The fourth-order valence-corrected chi connectivity index (χ4v) is 3.32. The highest BCUT2D eigenvalue weighted by Crippen LogP contribution is 2.18. The molecular weight excluding hydrogens is 322 g/mol. The zero-order valence-electron chi connectivity index (χ0n) is 15.2. The highest BCUT2D eigenvalue weighted by atomic mass is 16.5. The summed E-state index contributed by atoms with van der Waals surface area (Å²) in [6, 6.07) is 7.69. The molecular formula is C19H30NO5+. The van der Waals surface area contributed by atoms with Gasteiger partial charge in [-0.05, 0) is 25.8 Å². The number of likely N-dealkylation sites (tertiary alicyclic amines) is 1. The number of para-hydroxylation sites is 1. The van der Waals surface area contributed by atoms with Crippen LogP contribution in [0.2, 0.25) is 0 Å². The first-order chi connectivity index (χ1) is 12.1. The first-order valence-corrected chi connectivity index (χ1v) is 9.02. The maximum Gasteiger partial charge on any atom is 0.314 e. The summed E-state index contributed by atoms with van der Waals surface area (Å²) in [4.78, 5) is 13.1. The number of carbonyl (C=O) groups excluding carboxylic acids is 1. The summed E-state index contributed by atoms with van der Waals surface area (Å²) < 4.78 is 16.1. The normalized spacial score (nSPS) is 21.6. The molecule has 0 aliphatic carbocycles. The van der Waals surface area contributed by atoms with Gasteiger partial charge in [0.05, 0.1) is 40.0 Å². The van der Waals surface area contributed by atoms with E-state index >= 15 is 0 Å². The van der Waals surface area contributed by atoms with E-state index in [9.17, 15) is 9.90 Å². The largest absolute Gasteiger partial charge is 0.496 e. The molecule has 1 aromatic rings. The van der Waals surface area contributed by atoms with Crippen LogP contribution in [0.3, 0.4) is 0 Å². The summed E-state index contributed by atoms with van der Waals surface area (Å²) in [5.41, 5.74) is 0.963. The third-order valence-electron chi connectivity index (χ3n) is 4.52. The monoisotopic (exact) mass is 352 g/mol. The van der Waals surface area contributed by atoms with Crippen LogP contribution >= 0.6 is 0 Å². The van der Waals surface area contributed by atoms with Crippen molar-refractivity contribution in [3.8, 4) is 5.75 Å². The minimum Gasteiger partial charge on any atom is -0.496 e. The van der Waals surface area contributed by atoms with Crippen molar-refractivity contribution in [2.45, 2.75) is 32.5 Å². The molecule has 2 rings (SSSR count). The number of benzene rings is 1. The van der Waals surface area contributed by atoms with E-state index in [2.05, 4.69) is 0 Å². The van der Waals surface area contributed by atoms with Gasteiger partial charge in [-0.3, -0.25) is 4.79 Å². The molecule has 1 heterocycles. The van der Waals surface area contributed by atoms with Gasteiger partial charge < -0.3 is 24.2 Å². The van der Waals surface area contributed by atoms with Crippen LogP contribution in [0, 0.1) is 5.92 Å². The van der Waals surface area contributed by atoms with Gasteiger partial charge in [0.2, 0.25) is 0 Å². The lowest BCUT2D eigenvalue weighted by Crippen LogP contribution is -3.14. The van der Waals surface area contributed by atoms with Gasteiger partial charge in [-0.2, -0.15) is 0 Å². The Kier molecular flexibility index (Phi) is 8.18. The van der Waals surface area contributed by atoms with E-state index in [1.165, 1.54) is 4.90 Å². The molecule has 0 aromatic heterocycles. The number of esters is 1. The van der Waals surface area contributed by atoms with E-state index in [4.69, 9.17) is 14.2 Å². The molecule has 6 heteroatoms. The third-order valence-corrected chi connectivity index (χ3v) is 4.52. The van der Waals surface area contributed by atoms with Crippen LogP contribution in [0.15, 0.2) is 24.3 Å². The standard InChI is InChI=1S/C19H29NO5/c1-3-25-19(22)15-8-6-10-20(11-15)12-17(21)14-24-13-16-7-4-5-9-18(16)23-2/h4-5,7,9,15,17,21H,3,6,8,10-14H2,1-2H3/p+1/t15-,17-/m0/s1. The predicted molar refractivity (Wildman–Crippen MR) is 93.6 cm³/mol. The van der Waals surface area contributed by atoms with Gasteiger partial charge in [0.25, 0.3) is 0 Å². The zero-order chi connectivity index (χ0) is 18.1. The number of piperidine rings is 1. The number of carbonyl (C=O) groups is 1. The van der Waals surface area contributed by atoms with Crippen LogP contribution in [0.5, 0.6) is 5.75 Å². The first-order valence-electron chi connectivity index (χ1n) is 9.02. The smallest absolute Gasteiger partial charge is 0.314 e. The molecule has 1 saturated heterocycles. The first kappa shape index (κ1) is 19.7. The van der Waals surface area contributed by atoms with Crippen LogP contribution in [-0.2, 0) is 20.9 Å². The van der Waals surface area contributed by atoms with Crippen LogP contribution in [0.25, 0.3) is 0 Å². The van der Waals surface area contributed by atoms with Gasteiger partial charge >= 0.3 is 5.97 Å². The van der Waals surface area contributed by atoms with Gasteiger partial charge in [0.1, 0.15) is 24.3 Å². The Labute approximate surface area is 149 Å². The second kappa shape index (κ2) is 10.4. The summed E-state index contributed by atoms with van der Waals surface area (Å²) in [5, 5.41) is 10.2. The average molecular weight is 352 g/mol. The maximum atomic E-state index is 11.9. The zero-order valence-corrected chi connectivity index (χ0v) is 15.2. The van der Waals surface area contributed by atoms with E-state index < -0.39 is 6.10 Å². The Hall–Kier alpha value is -1.63. The molecule has 3 atom stereocenters. The van der Waals surface area contributed by atoms with Gasteiger partial charge in [0, 0.05) is 5.56 Å². The molecule has 1 aliphatic heterocycles. The molecule has 0 radical (unpaired) electrons. The highest BCUT2D eigenvalue weighted by molar-refractivity contribution is 5.72. The van der Waals surface area contributed by atoms with E-state index in [0.717, 1.165) is 37.2 Å². The van der Waals surface area contributed by atoms with Crippen LogP contribution < -0.4 is 9.64 Å². The van der Waals surface area contributed by atoms with Crippen molar-refractivity contribution in [1.29, 1.82) is 0 Å². The quantitative estimate of drug-likeness (QED) is 0.631. The Morgan fingerprint density at radius 2 is 2.20 bits per heavy atom. The molecule has 1 aromatic carbocycles. The average Bonchev–Trinajstić information content (AvgIpc) is 2.62. The summed E-state index contributed by atoms with van der Waals surface area (Å²) in [5.74, 6) is 0.628. The van der Waals surface area contributed by atoms with Crippen molar-refractivity contribution < 1.29 is 29.0 Å². The fraction of sp³-hybridized carbons (Fsp3) is 0.632. The lowest BCUT2D eigenvalue weighted by Gasteiger charge is -2.30. The topological polar surface area (TPSA) is 69.4 Å². The van der Waals surface area contributed by atoms with E-state index in [0.29, 0.717) is 19.8 Å². The number of quaternary nitrogens is 1. The maximum absolute atomic E-state index is 11.9.